The molecule has 5 rings (SSSR count). The Morgan fingerprint density at radius 1 is 1.32 bits per heavy atom. The lowest BCUT2D eigenvalue weighted by Crippen LogP contribution is -2.51. The van der Waals surface area contributed by atoms with Gasteiger partial charge in [0, 0.05) is 55.1 Å². The highest BCUT2D eigenvalue weighted by molar-refractivity contribution is 7.13. The van der Waals surface area contributed by atoms with Crippen molar-refractivity contribution < 1.29 is 22.3 Å². The number of thiazole rings is 1. The van der Waals surface area contributed by atoms with E-state index in [2.05, 4.69) is 25.0 Å². The van der Waals surface area contributed by atoms with E-state index in [1.54, 1.807) is 24.6 Å². The van der Waals surface area contributed by atoms with Gasteiger partial charge in [0.05, 0.1) is 5.56 Å². The first-order valence-electron chi connectivity index (χ1n) is 9.90. The molecule has 2 unspecified atom stereocenters. The van der Waals surface area contributed by atoms with Gasteiger partial charge >= 0.3 is 6.36 Å². The topological polar surface area (TPSA) is 75.8 Å². The lowest BCUT2D eigenvalue weighted by Gasteiger charge is -2.31. The molecule has 2 atom stereocenters. The van der Waals surface area contributed by atoms with Gasteiger partial charge in [-0.3, -0.25) is 4.99 Å². The van der Waals surface area contributed by atoms with Crippen LogP contribution in [0.2, 0.25) is 0 Å². The number of fused-ring (bicyclic) bond motifs is 3. The van der Waals surface area contributed by atoms with Crippen molar-refractivity contribution in [3.05, 3.63) is 23.2 Å². The van der Waals surface area contributed by atoms with Gasteiger partial charge < -0.3 is 19.4 Å². The van der Waals surface area contributed by atoms with Gasteiger partial charge in [0.1, 0.15) is 5.01 Å². The van der Waals surface area contributed by atoms with Crippen molar-refractivity contribution in [2.75, 3.05) is 25.0 Å². The molecule has 2 bridgehead atoms. The van der Waals surface area contributed by atoms with Crippen LogP contribution < -0.4 is 15.0 Å². The molecular weight excluding hydrogens is 431 g/mol. The molecule has 2 aromatic heterocycles. The smallest absolute Gasteiger partial charge is 0.422 e. The van der Waals surface area contributed by atoms with E-state index in [0.29, 0.717) is 47.5 Å². The van der Waals surface area contributed by atoms with Crippen molar-refractivity contribution in [3.8, 4) is 16.3 Å². The van der Waals surface area contributed by atoms with E-state index in [1.165, 1.54) is 18.4 Å². The van der Waals surface area contributed by atoms with E-state index in [4.69, 9.17) is 4.42 Å². The van der Waals surface area contributed by atoms with Gasteiger partial charge in [-0.15, -0.1) is 24.5 Å². The van der Waals surface area contributed by atoms with E-state index in [1.807, 2.05) is 4.90 Å². The highest BCUT2D eigenvalue weighted by atomic mass is 32.1. The Morgan fingerprint density at radius 2 is 2.06 bits per heavy atom. The minimum Gasteiger partial charge on any atom is -0.422 e. The molecular formula is C20H20F3N5O2S. The standard InChI is InChI=1S/C20H20F3N5O2S/c1-10(24-2)13-7-14(18-25-5-6-31-18)16-15(17(13)30-20(21,22)23)27-19(29-16)28-8-11-3-4-12(9-28)26-11/h5-7,11-12,26H,3-4,8-9H2,1-2H3. The van der Waals surface area contributed by atoms with Gasteiger partial charge in [-0.05, 0) is 25.8 Å². The molecule has 2 saturated heterocycles. The number of benzene rings is 1. The van der Waals surface area contributed by atoms with Crippen LogP contribution in [0.1, 0.15) is 25.3 Å². The third-order valence-electron chi connectivity index (χ3n) is 5.70. The molecule has 11 heteroatoms. The molecule has 1 N–H and O–H groups in total. The third kappa shape index (κ3) is 3.76. The zero-order chi connectivity index (χ0) is 21.8. The second-order valence-electron chi connectivity index (χ2n) is 7.71. The molecule has 164 valence electrons. The van der Waals surface area contributed by atoms with Crippen LogP contribution in [0.15, 0.2) is 27.1 Å². The van der Waals surface area contributed by atoms with Crippen LogP contribution in [-0.4, -0.2) is 54.3 Å². The van der Waals surface area contributed by atoms with E-state index in [0.717, 1.165) is 12.8 Å². The number of ether oxygens (including phenoxy) is 1. The van der Waals surface area contributed by atoms with Gasteiger partial charge in [0.15, 0.2) is 16.8 Å². The Labute approximate surface area is 179 Å². The first-order chi connectivity index (χ1) is 14.8. The maximum Gasteiger partial charge on any atom is 0.573 e. The fraction of sp³-hybridized carbons (Fsp3) is 0.450. The average Bonchev–Trinajstić information content (AvgIpc) is 3.46. The average molecular weight is 451 g/mol. The number of halogens is 3. The fourth-order valence-electron chi connectivity index (χ4n) is 4.26. The Bertz CT molecular complexity index is 1130. The van der Waals surface area contributed by atoms with E-state index >= 15 is 0 Å². The number of piperazine rings is 1. The number of hydrogen-bond acceptors (Lipinski definition) is 8. The molecule has 0 saturated carbocycles. The summed E-state index contributed by atoms with van der Waals surface area (Å²) in [6.45, 7) is 3.01. The van der Waals surface area contributed by atoms with Crippen molar-refractivity contribution in [1.82, 2.24) is 15.3 Å². The number of alkyl halides is 3. The number of aromatic nitrogens is 2. The van der Waals surface area contributed by atoms with Crippen LogP contribution in [0.4, 0.5) is 19.2 Å². The van der Waals surface area contributed by atoms with Crippen molar-refractivity contribution >= 4 is 34.2 Å². The van der Waals surface area contributed by atoms with Gasteiger partial charge in [-0.1, -0.05) is 0 Å². The van der Waals surface area contributed by atoms with Crippen LogP contribution in [0.5, 0.6) is 5.75 Å². The number of hydrogen-bond donors (Lipinski definition) is 1. The molecule has 1 aromatic carbocycles. The number of oxazole rings is 1. The molecule has 0 aliphatic carbocycles. The van der Waals surface area contributed by atoms with Crippen LogP contribution in [-0.2, 0) is 0 Å². The fourth-order valence-corrected chi connectivity index (χ4v) is 4.91. The summed E-state index contributed by atoms with van der Waals surface area (Å²) in [6.07, 6.45) is -1.13. The zero-order valence-corrected chi connectivity index (χ0v) is 17.7. The maximum absolute atomic E-state index is 13.3. The predicted molar refractivity (Wildman–Crippen MR) is 112 cm³/mol. The maximum atomic E-state index is 13.3. The van der Waals surface area contributed by atoms with Crippen molar-refractivity contribution in [1.29, 1.82) is 0 Å². The van der Waals surface area contributed by atoms with Gasteiger partial charge in [-0.2, -0.15) is 4.98 Å². The largest absolute Gasteiger partial charge is 0.573 e. The summed E-state index contributed by atoms with van der Waals surface area (Å²) in [5.74, 6) is -0.404. The minimum absolute atomic E-state index is 0.0175. The molecule has 4 heterocycles. The highest BCUT2D eigenvalue weighted by Crippen LogP contribution is 2.42. The SMILES string of the molecule is CN=C(C)c1cc(-c2nccs2)c2oc(N3CC4CCC(C3)N4)nc2c1OC(F)(F)F. The summed E-state index contributed by atoms with van der Waals surface area (Å²) in [7, 11) is 1.52. The third-order valence-corrected chi connectivity index (χ3v) is 6.51. The second kappa shape index (κ2) is 7.49. The summed E-state index contributed by atoms with van der Waals surface area (Å²) >= 11 is 1.37. The second-order valence-corrected chi connectivity index (χ2v) is 8.61. The molecule has 2 aliphatic heterocycles. The van der Waals surface area contributed by atoms with E-state index in [-0.39, 0.29) is 16.7 Å². The Balaban J connectivity index is 1.72. The molecule has 0 amide bonds. The van der Waals surface area contributed by atoms with Crippen LogP contribution in [0.25, 0.3) is 21.7 Å². The number of nitrogens with one attached hydrogen (secondary N) is 1. The summed E-state index contributed by atoms with van der Waals surface area (Å²) in [4.78, 5) is 14.9. The Kier molecular flexibility index (Phi) is 4.89. The lowest BCUT2D eigenvalue weighted by molar-refractivity contribution is -0.274. The molecule has 0 radical (unpaired) electrons. The van der Waals surface area contributed by atoms with E-state index in [9.17, 15) is 13.2 Å². The first-order valence-corrected chi connectivity index (χ1v) is 10.8. The van der Waals surface area contributed by atoms with E-state index < -0.39 is 12.1 Å². The van der Waals surface area contributed by atoms with Crippen molar-refractivity contribution in [3.63, 3.8) is 0 Å². The minimum atomic E-state index is -4.88. The summed E-state index contributed by atoms with van der Waals surface area (Å²) in [6, 6.07) is 2.52. The Hall–Kier alpha value is -2.66. The van der Waals surface area contributed by atoms with Crippen molar-refractivity contribution in [2.24, 2.45) is 4.99 Å². The summed E-state index contributed by atoms with van der Waals surface area (Å²) in [5.41, 5.74) is 1.41. The van der Waals surface area contributed by atoms with Gasteiger partial charge in [0.2, 0.25) is 0 Å². The first kappa shape index (κ1) is 20.3. The summed E-state index contributed by atoms with van der Waals surface area (Å²) in [5, 5.41) is 5.94. The molecule has 0 spiro atoms. The quantitative estimate of drug-likeness (QED) is 0.599. The van der Waals surface area contributed by atoms with Gasteiger partial charge in [0.25, 0.3) is 6.01 Å². The van der Waals surface area contributed by atoms with Crippen LogP contribution in [0.3, 0.4) is 0 Å². The number of rotatable bonds is 4. The molecule has 31 heavy (non-hydrogen) atoms. The highest BCUT2D eigenvalue weighted by Gasteiger charge is 2.37. The summed E-state index contributed by atoms with van der Waals surface area (Å²) < 4.78 is 50.5. The van der Waals surface area contributed by atoms with Crippen molar-refractivity contribution in [2.45, 2.75) is 38.2 Å². The van der Waals surface area contributed by atoms with Crippen LogP contribution in [0, 0.1) is 0 Å². The zero-order valence-electron chi connectivity index (χ0n) is 16.9. The number of nitrogens with zero attached hydrogens (tertiary/aromatic N) is 4. The molecule has 3 aromatic rings. The Morgan fingerprint density at radius 3 is 2.68 bits per heavy atom. The molecule has 7 nitrogen and oxygen atoms in total. The molecule has 2 aliphatic rings. The number of aliphatic imine (C=N–C) groups is 1. The number of anilines is 1. The molecule has 2 fully saturated rings. The van der Waals surface area contributed by atoms with Gasteiger partial charge in [-0.25, -0.2) is 4.98 Å². The monoisotopic (exact) mass is 451 g/mol. The van der Waals surface area contributed by atoms with Crippen LogP contribution >= 0.6 is 11.3 Å². The predicted octanol–water partition coefficient (Wildman–Crippen LogP) is 4.23. The lowest BCUT2D eigenvalue weighted by atomic mass is 10.0. The normalized spacial score (nSPS) is 21.8.